The minimum atomic E-state index is -0.895. The first-order valence-electron chi connectivity index (χ1n) is 5.77. The van der Waals surface area contributed by atoms with E-state index in [4.69, 9.17) is 16.2 Å². The van der Waals surface area contributed by atoms with Crippen LogP contribution in [0.4, 0.5) is 0 Å². The molecule has 0 aliphatic carbocycles. The molecule has 2 aliphatic rings. The Kier molecular flexibility index (Phi) is 3.44. The average molecular weight is 228 g/mol. The Morgan fingerprint density at radius 3 is 2.75 bits per heavy atom. The third kappa shape index (κ3) is 2.35. The van der Waals surface area contributed by atoms with Gasteiger partial charge in [0.1, 0.15) is 11.8 Å². The van der Waals surface area contributed by atoms with Gasteiger partial charge < -0.3 is 21.5 Å². The van der Waals surface area contributed by atoms with Gasteiger partial charge >= 0.3 is 0 Å². The Bertz CT molecular complexity index is 268. The maximum absolute atomic E-state index is 11.3. The smallest absolute Gasteiger partial charge is 0.237 e. The van der Waals surface area contributed by atoms with Gasteiger partial charge in [-0.3, -0.25) is 9.69 Å². The van der Waals surface area contributed by atoms with Crippen molar-refractivity contribution in [2.24, 2.45) is 11.5 Å². The van der Waals surface area contributed by atoms with Gasteiger partial charge in [0.05, 0.1) is 6.61 Å². The molecule has 2 unspecified atom stereocenters. The number of piperazine rings is 1. The van der Waals surface area contributed by atoms with Gasteiger partial charge in [-0.05, 0) is 6.42 Å². The summed E-state index contributed by atoms with van der Waals surface area (Å²) in [4.78, 5) is 13.5. The van der Waals surface area contributed by atoms with E-state index in [9.17, 15) is 4.79 Å². The lowest BCUT2D eigenvalue weighted by atomic mass is 9.88. The van der Waals surface area contributed by atoms with Crippen molar-refractivity contribution in [3.05, 3.63) is 0 Å². The highest BCUT2D eigenvalue weighted by Crippen LogP contribution is 2.24. The molecule has 6 nitrogen and oxygen atoms in total. The largest absolute Gasteiger partial charge is 0.368 e. The first-order chi connectivity index (χ1) is 7.62. The van der Waals surface area contributed by atoms with Crippen LogP contribution >= 0.6 is 0 Å². The minimum Gasteiger partial charge on any atom is -0.368 e. The molecular formula is C10H20N4O2. The van der Waals surface area contributed by atoms with Crippen LogP contribution in [0.1, 0.15) is 12.8 Å². The molecule has 2 heterocycles. The third-order valence-corrected chi connectivity index (χ3v) is 3.45. The summed E-state index contributed by atoms with van der Waals surface area (Å²) in [7, 11) is 0. The third-order valence-electron chi connectivity index (χ3n) is 3.45. The quantitative estimate of drug-likeness (QED) is 0.519. The van der Waals surface area contributed by atoms with E-state index in [2.05, 4.69) is 10.2 Å². The molecule has 0 spiro atoms. The summed E-state index contributed by atoms with van der Waals surface area (Å²) in [5, 5.41) is 3.28. The van der Waals surface area contributed by atoms with Crippen molar-refractivity contribution < 1.29 is 9.53 Å². The molecule has 5 N–H and O–H groups in total. The Hall–Kier alpha value is -0.690. The van der Waals surface area contributed by atoms with E-state index >= 15 is 0 Å². The Labute approximate surface area is 95.3 Å². The Balaban J connectivity index is 1.98. The first kappa shape index (κ1) is 11.8. The van der Waals surface area contributed by atoms with Crippen molar-refractivity contribution in [2.75, 3.05) is 32.8 Å². The number of hydrogen-bond acceptors (Lipinski definition) is 5. The second-order valence-corrected chi connectivity index (χ2v) is 4.59. The molecule has 92 valence electrons. The molecule has 16 heavy (non-hydrogen) atoms. The van der Waals surface area contributed by atoms with Crippen molar-refractivity contribution in [2.45, 2.75) is 24.6 Å². The first-order valence-corrected chi connectivity index (χ1v) is 5.77. The molecule has 2 aliphatic heterocycles. The molecule has 2 atom stereocenters. The van der Waals surface area contributed by atoms with E-state index in [1.165, 1.54) is 0 Å². The van der Waals surface area contributed by atoms with Crippen LogP contribution in [-0.2, 0) is 9.53 Å². The Morgan fingerprint density at radius 1 is 1.44 bits per heavy atom. The maximum atomic E-state index is 11.3. The monoisotopic (exact) mass is 228 g/mol. The zero-order chi connectivity index (χ0) is 11.6. The van der Waals surface area contributed by atoms with Gasteiger partial charge in [-0.2, -0.15) is 0 Å². The predicted octanol–water partition coefficient (Wildman–Crippen LogP) is -1.79. The number of carbonyl (C=O) groups is 1. The van der Waals surface area contributed by atoms with Gasteiger partial charge in [0.25, 0.3) is 0 Å². The van der Waals surface area contributed by atoms with E-state index in [0.717, 1.165) is 26.2 Å². The van der Waals surface area contributed by atoms with Gasteiger partial charge in [0.2, 0.25) is 5.91 Å². The lowest BCUT2D eigenvalue weighted by Gasteiger charge is -2.42. The number of nitrogens with zero attached hydrogens (tertiary/aromatic N) is 1. The van der Waals surface area contributed by atoms with Crippen molar-refractivity contribution in [3.63, 3.8) is 0 Å². The van der Waals surface area contributed by atoms with Crippen LogP contribution in [0.2, 0.25) is 0 Å². The van der Waals surface area contributed by atoms with E-state index in [1.807, 2.05) is 0 Å². The molecule has 0 aromatic carbocycles. The van der Waals surface area contributed by atoms with Crippen LogP contribution in [0.15, 0.2) is 0 Å². The normalized spacial score (nSPS) is 37.2. The fraction of sp³-hybridized carbons (Fsp3) is 0.900. The van der Waals surface area contributed by atoms with E-state index in [-0.39, 0.29) is 6.23 Å². The van der Waals surface area contributed by atoms with Crippen molar-refractivity contribution in [1.82, 2.24) is 10.2 Å². The summed E-state index contributed by atoms with van der Waals surface area (Å²) in [6.07, 6.45) is 0.959. The number of ether oxygens (including phenoxy) is 1. The molecule has 1 amide bonds. The zero-order valence-corrected chi connectivity index (χ0v) is 9.45. The van der Waals surface area contributed by atoms with Crippen LogP contribution in [0.25, 0.3) is 0 Å². The van der Waals surface area contributed by atoms with E-state index < -0.39 is 11.4 Å². The summed E-state index contributed by atoms with van der Waals surface area (Å²) < 4.78 is 5.67. The van der Waals surface area contributed by atoms with Crippen molar-refractivity contribution in [3.8, 4) is 0 Å². The molecule has 0 bridgehead atoms. The summed E-state index contributed by atoms with van der Waals surface area (Å²) in [6, 6.07) is 0. The molecule has 0 radical (unpaired) electrons. The molecule has 2 saturated heterocycles. The van der Waals surface area contributed by atoms with Crippen LogP contribution < -0.4 is 16.8 Å². The number of hydrogen-bond donors (Lipinski definition) is 3. The fourth-order valence-corrected chi connectivity index (χ4v) is 2.28. The lowest BCUT2D eigenvalue weighted by Crippen LogP contribution is -2.61. The van der Waals surface area contributed by atoms with E-state index in [0.29, 0.717) is 19.4 Å². The number of carbonyl (C=O) groups excluding carboxylic acids is 1. The van der Waals surface area contributed by atoms with Gasteiger partial charge in [0.15, 0.2) is 0 Å². The van der Waals surface area contributed by atoms with Crippen LogP contribution in [0, 0.1) is 0 Å². The van der Waals surface area contributed by atoms with Crippen LogP contribution in [0.5, 0.6) is 0 Å². The number of primary amides is 1. The van der Waals surface area contributed by atoms with Crippen molar-refractivity contribution in [1.29, 1.82) is 0 Å². The highest BCUT2D eigenvalue weighted by atomic mass is 16.5. The van der Waals surface area contributed by atoms with Gasteiger partial charge in [-0.25, -0.2) is 0 Å². The molecule has 2 fully saturated rings. The maximum Gasteiger partial charge on any atom is 0.237 e. The molecule has 2 rings (SSSR count). The van der Waals surface area contributed by atoms with Gasteiger partial charge in [-0.15, -0.1) is 0 Å². The molecular weight excluding hydrogens is 208 g/mol. The summed E-state index contributed by atoms with van der Waals surface area (Å²) in [5.41, 5.74) is 10.4. The highest BCUT2D eigenvalue weighted by molar-refractivity contribution is 5.84. The number of nitrogens with two attached hydrogens (primary N) is 2. The summed E-state index contributed by atoms with van der Waals surface area (Å²) in [5.74, 6) is -0.420. The van der Waals surface area contributed by atoms with E-state index in [1.54, 1.807) is 0 Å². The zero-order valence-electron chi connectivity index (χ0n) is 9.45. The number of amides is 1. The number of rotatable bonds is 2. The average Bonchev–Trinajstić information content (AvgIpc) is 2.30. The molecule has 6 heteroatoms. The molecule has 0 saturated carbocycles. The standard InChI is InChI=1S/C10H20N4O2/c11-9(15)10(12)1-6-16-8(7-10)14-4-2-13-3-5-14/h8,13H,1-7,12H2,(H2,11,15). The topological polar surface area (TPSA) is 93.6 Å². The molecule has 0 aromatic heterocycles. The van der Waals surface area contributed by atoms with Crippen LogP contribution in [0.3, 0.4) is 0 Å². The summed E-state index contributed by atoms with van der Waals surface area (Å²) >= 11 is 0. The summed E-state index contributed by atoms with van der Waals surface area (Å²) in [6.45, 7) is 4.27. The minimum absolute atomic E-state index is 0.0617. The van der Waals surface area contributed by atoms with Gasteiger partial charge in [-0.1, -0.05) is 0 Å². The Morgan fingerprint density at radius 2 is 2.12 bits per heavy atom. The highest BCUT2D eigenvalue weighted by Gasteiger charge is 2.40. The predicted molar refractivity (Wildman–Crippen MR) is 59.5 cm³/mol. The lowest BCUT2D eigenvalue weighted by molar-refractivity contribution is -0.140. The molecule has 0 aromatic rings. The second kappa shape index (κ2) is 4.67. The second-order valence-electron chi connectivity index (χ2n) is 4.59. The van der Waals surface area contributed by atoms with Crippen molar-refractivity contribution >= 4 is 5.91 Å². The fourth-order valence-electron chi connectivity index (χ4n) is 2.28. The van der Waals surface area contributed by atoms with Crippen LogP contribution in [-0.4, -0.2) is 55.4 Å². The number of nitrogens with one attached hydrogen (secondary N) is 1. The SMILES string of the molecule is NC(=O)C1(N)CCOC(N2CCNCC2)C1. The van der Waals surface area contributed by atoms with Gasteiger partial charge in [0, 0.05) is 32.6 Å².